The Kier molecular flexibility index (Phi) is 4.70. The number of aryl methyl sites for hydroxylation is 1. The average Bonchev–Trinajstić information content (AvgIpc) is 2.94. The summed E-state index contributed by atoms with van der Waals surface area (Å²) < 4.78 is 0. The van der Waals surface area contributed by atoms with Gasteiger partial charge in [-0.25, -0.2) is 5.01 Å². The molecule has 0 bridgehead atoms. The Morgan fingerprint density at radius 2 is 2.12 bits per heavy atom. The lowest BCUT2D eigenvalue weighted by Gasteiger charge is -2.28. The van der Waals surface area contributed by atoms with Gasteiger partial charge in [0, 0.05) is 11.9 Å². The molecule has 1 aromatic carbocycles. The topological polar surface area (TPSA) is 107 Å². The Morgan fingerprint density at radius 3 is 2.85 bits per heavy atom. The SMILES string of the molecule is CC1=C(C(=O)N=C(N)/C=C\C=N)N2NC(c3cccc(C)c3)=CC=C2N1. The molecular weight excluding hydrogens is 328 g/mol. The van der Waals surface area contributed by atoms with Gasteiger partial charge >= 0.3 is 0 Å². The summed E-state index contributed by atoms with van der Waals surface area (Å²) in [5, 5.41) is 11.8. The second kappa shape index (κ2) is 7.10. The molecule has 5 N–H and O–H groups in total. The highest BCUT2D eigenvalue weighted by atomic mass is 16.2. The number of nitrogens with two attached hydrogens (primary N) is 1. The van der Waals surface area contributed by atoms with E-state index in [1.807, 2.05) is 37.3 Å². The average molecular weight is 348 g/mol. The highest BCUT2D eigenvalue weighted by Crippen LogP contribution is 2.28. The molecule has 0 aromatic heterocycles. The first kappa shape index (κ1) is 17.2. The summed E-state index contributed by atoms with van der Waals surface area (Å²) in [6, 6.07) is 8.09. The van der Waals surface area contributed by atoms with Crippen LogP contribution in [0.4, 0.5) is 0 Å². The highest BCUT2D eigenvalue weighted by Gasteiger charge is 2.32. The molecule has 1 amide bonds. The van der Waals surface area contributed by atoms with Gasteiger partial charge in [-0.05, 0) is 49.8 Å². The van der Waals surface area contributed by atoms with E-state index >= 15 is 0 Å². The van der Waals surface area contributed by atoms with Crippen molar-refractivity contribution in [3.05, 3.63) is 76.9 Å². The molecule has 0 saturated heterocycles. The van der Waals surface area contributed by atoms with Gasteiger partial charge in [-0.15, -0.1) is 0 Å². The number of rotatable bonds is 4. The van der Waals surface area contributed by atoms with Crippen LogP contribution < -0.4 is 16.5 Å². The number of nitrogens with one attached hydrogen (secondary N) is 3. The Morgan fingerprint density at radius 1 is 1.31 bits per heavy atom. The fourth-order valence-corrected chi connectivity index (χ4v) is 2.73. The normalized spacial score (nSPS) is 16.7. The van der Waals surface area contributed by atoms with Gasteiger partial charge in [0.2, 0.25) is 0 Å². The van der Waals surface area contributed by atoms with E-state index in [2.05, 4.69) is 21.8 Å². The summed E-state index contributed by atoms with van der Waals surface area (Å²) in [7, 11) is 0. The molecule has 2 aliphatic heterocycles. The minimum absolute atomic E-state index is 0.0442. The molecule has 0 spiro atoms. The van der Waals surface area contributed by atoms with E-state index in [0.29, 0.717) is 11.4 Å². The number of amides is 1. The van der Waals surface area contributed by atoms with Crippen LogP contribution >= 0.6 is 0 Å². The van der Waals surface area contributed by atoms with Crippen LogP contribution in [-0.2, 0) is 4.79 Å². The Labute approximate surface area is 151 Å². The van der Waals surface area contributed by atoms with Crippen molar-refractivity contribution in [3.8, 4) is 0 Å². The molecule has 0 saturated carbocycles. The number of hydrogen-bond donors (Lipinski definition) is 4. The molecule has 3 rings (SSSR count). The molecule has 7 nitrogen and oxygen atoms in total. The van der Waals surface area contributed by atoms with E-state index < -0.39 is 5.91 Å². The Balaban J connectivity index is 1.87. The maximum atomic E-state index is 12.6. The van der Waals surface area contributed by atoms with E-state index in [9.17, 15) is 4.79 Å². The first-order chi connectivity index (χ1) is 12.5. The van der Waals surface area contributed by atoms with Gasteiger partial charge in [0.15, 0.2) is 5.70 Å². The molecule has 2 aliphatic rings. The number of benzene rings is 1. The van der Waals surface area contributed by atoms with Crippen LogP contribution in [0.15, 0.2) is 70.8 Å². The van der Waals surface area contributed by atoms with Gasteiger partial charge < -0.3 is 16.5 Å². The van der Waals surface area contributed by atoms with Gasteiger partial charge in [-0.3, -0.25) is 10.2 Å². The van der Waals surface area contributed by atoms with Crippen LogP contribution in [-0.4, -0.2) is 23.0 Å². The minimum Gasteiger partial charge on any atom is -0.384 e. The first-order valence-corrected chi connectivity index (χ1v) is 8.09. The van der Waals surface area contributed by atoms with E-state index in [1.54, 1.807) is 11.9 Å². The zero-order valence-electron chi connectivity index (χ0n) is 14.6. The lowest BCUT2D eigenvalue weighted by atomic mass is 10.1. The van der Waals surface area contributed by atoms with Crippen LogP contribution in [0.2, 0.25) is 0 Å². The third kappa shape index (κ3) is 3.41. The summed E-state index contributed by atoms with van der Waals surface area (Å²) in [6.45, 7) is 3.84. The Hall–Kier alpha value is -3.61. The molecule has 7 heteroatoms. The van der Waals surface area contributed by atoms with Crippen LogP contribution in [0.25, 0.3) is 5.70 Å². The molecule has 26 heavy (non-hydrogen) atoms. The lowest BCUT2D eigenvalue weighted by molar-refractivity contribution is -0.115. The second-order valence-electron chi connectivity index (χ2n) is 5.92. The lowest BCUT2D eigenvalue weighted by Crippen LogP contribution is -2.38. The van der Waals surface area contributed by atoms with Crippen molar-refractivity contribution in [1.82, 2.24) is 15.8 Å². The number of carbonyl (C=O) groups excluding carboxylic acids is 1. The van der Waals surface area contributed by atoms with Crippen molar-refractivity contribution in [2.45, 2.75) is 13.8 Å². The van der Waals surface area contributed by atoms with Crippen molar-refractivity contribution >= 4 is 23.7 Å². The molecule has 1 aromatic rings. The largest absolute Gasteiger partial charge is 0.384 e. The number of carbonyl (C=O) groups is 1. The molecule has 0 unspecified atom stereocenters. The number of nitrogens with zero attached hydrogens (tertiary/aromatic N) is 2. The first-order valence-electron chi connectivity index (χ1n) is 8.09. The molecular formula is C19H20N6O. The number of amidine groups is 1. The van der Waals surface area contributed by atoms with E-state index in [-0.39, 0.29) is 5.84 Å². The van der Waals surface area contributed by atoms with Crippen molar-refractivity contribution in [1.29, 1.82) is 5.41 Å². The van der Waals surface area contributed by atoms with Gasteiger partial charge in [0.25, 0.3) is 5.91 Å². The molecule has 0 aliphatic carbocycles. The van der Waals surface area contributed by atoms with Crippen molar-refractivity contribution in [2.75, 3.05) is 0 Å². The fraction of sp³-hybridized carbons (Fsp3) is 0.105. The third-order valence-electron chi connectivity index (χ3n) is 3.90. The fourth-order valence-electron chi connectivity index (χ4n) is 2.73. The minimum atomic E-state index is -0.469. The summed E-state index contributed by atoms with van der Waals surface area (Å²) in [5.74, 6) is 0.317. The van der Waals surface area contributed by atoms with Crippen LogP contribution in [0, 0.1) is 12.3 Å². The highest BCUT2D eigenvalue weighted by molar-refractivity contribution is 6.07. The third-order valence-corrected chi connectivity index (χ3v) is 3.90. The van der Waals surface area contributed by atoms with Gasteiger partial charge in [0.1, 0.15) is 11.7 Å². The van der Waals surface area contributed by atoms with Crippen molar-refractivity contribution < 1.29 is 4.79 Å². The van der Waals surface area contributed by atoms with Crippen LogP contribution in [0.3, 0.4) is 0 Å². The number of fused-ring (bicyclic) bond motifs is 1. The molecule has 0 fully saturated rings. The van der Waals surface area contributed by atoms with E-state index in [4.69, 9.17) is 11.1 Å². The smallest absolute Gasteiger partial charge is 0.299 e. The number of hydrazine groups is 1. The predicted molar refractivity (Wildman–Crippen MR) is 103 cm³/mol. The van der Waals surface area contributed by atoms with Gasteiger partial charge in [-0.1, -0.05) is 23.8 Å². The Bertz CT molecular complexity index is 920. The molecule has 0 atom stereocenters. The molecule has 0 radical (unpaired) electrons. The number of hydrogen-bond acceptors (Lipinski definition) is 5. The number of allylic oxidation sites excluding steroid dienone is 4. The van der Waals surface area contributed by atoms with Gasteiger partial charge in [0.05, 0.1) is 5.70 Å². The molecule has 132 valence electrons. The standard InChI is InChI=1S/C19H20N6O/c1-12-5-3-6-14(11-12)15-8-9-17-22-13(2)18(25(17)24-15)19(26)23-16(21)7-4-10-20/h3-11,20,22,24H,1-2H3,(H2,21,23,26)/b7-4-,20-10?. The van der Waals surface area contributed by atoms with Crippen molar-refractivity contribution in [3.63, 3.8) is 0 Å². The summed E-state index contributed by atoms with van der Waals surface area (Å²) in [6.07, 6.45) is 7.74. The molecule has 2 heterocycles. The van der Waals surface area contributed by atoms with Crippen molar-refractivity contribution in [2.24, 2.45) is 10.7 Å². The maximum Gasteiger partial charge on any atom is 0.299 e. The zero-order valence-corrected chi connectivity index (χ0v) is 14.6. The number of aliphatic imine (C=N–C) groups is 1. The second-order valence-corrected chi connectivity index (χ2v) is 5.92. The zero-order chi connectivity index (χ0) is 18.7. The summed E-state index contributed by atoms with van der Waals surface area (Å²) >= 11 is 0. The van der Waals surface area contributed by atoms with Gasteiger partial charge in [-0.2, -0.15) is 4.99 Å². The van der Waals surface area contributed by atoms with E-state index in [1.165, 1.54) is 12.2 Å². The maximum absolute atomic E-state index is 12.6. The monoisotopic (exact) mass is 348 g/mol. The van der Waals surface area contributed by atoms with E-state index in [0.717, 1.165) is 28.9 Å². The quantitative estimate of drug-likeness (QED) is 0.491. The summed E-state index contributed by atoms with van der Waals surface area (Å²) in [4.78, 5) is 16.5. The summed E-state index contributed by atoms with van der Waals surface area (Å²) in [5.41, 5.74) is 13.1. The van der Waals surface area contributed by atoms with Crippen LogP contribution in [0.1, 0.15) is 18.1 Å². The predicted octanol–water partition coefficient (Wildman–Crippen LogP) is 1.92. The van der Waals surface area contributed by atoms with Crippen LogP contribution in [0.5, 0.6) is 0 Å².